The van der Waals surface area contributed by atoms with Crippen molar-refractivity contribution in [1.82, 2.24) is 9.78 Å². The Morgan fingerprint density at radius 3 is 3.25 bits per heavy atom. The van der Waals surface area contributed by atoms with Gasteiger partial charge in [0.05, 0.1) is 12.7 Å². The molecule has 60 valence electrons. The number of azide groups is 1. The van der Waals surface area contributed by atoms with E-state index < -0.39 is 0 Å². The van der Waals surface area contributed by atoms with E-state index >= 15 is 0 Å². The highest BCUT2D eigenvalue weighted by Gasteiger charge is 1.89. The van der Waals surface area contributed by atoms with Crippen molar-refractivity contribution in [3.05, 3.63) is 28.4 Å². The second kappa shape index (κ2) is 4.06. The minimum Gasteiger partial charge on any atom is -0.260 e. The number of nitrogens with zero attached hydrogens (tertiary/aromatic N) is 5. The SMILES string of the molecule is Cn1nccc1C#CCN=[N+]=[N-]. The number of aromatic nitrogens is 2. The van der Waals surface area contributed by atoms with Crippen LogP contribution in [0.3, 0.4) is 0 Å². The van der Waals surface area contributed by atoms with Crippen molar-refractivity contribution in [2.75, 3.05) is 6.54 Å². The molecule has 0 fully saturated rings. The summed E-state index contributed by atoms with van der Waals surface area (Å²) in [6, 6.07) is 1.79. The van der Waals surface area contributed by atoms with Gasteiger partial charge in [-0.3, -0.25) is 4.68 Å². The van der Waals surface area contributed by atoms with Crippen molar-refractivity contribution in [2.45, 2.75) is 0 Å². The lowest BCUT2D eigenvalue weighted by Gasteiger charge is -1.88. The molecule has 0 unspecified atom stereocenters. The Balaban J connectivity index is 2.66. The summed E-state index contributed by atoms with van der Waals surface area (Å²) < 4.78 is 1.66. The average molecular weight is 161 g/mol. The number of rotatable bonds is 1. The van der Waals surface area contributed by atoms with Crippen LogP contribution in [0.4, 0.5) is 0 Å². The Hall–Kier alpha value is -1.92. The van der Waals surface area contributed by atoms with Gasteiger partial charge in [0.15, 0.2) is 0 Å². The second-order valence-electron chi connectivity index (χ2n) is 2.03. The van der Waals surface area contributed by atoms with Crippen LogP contribution in [0.25, 0.3) is 10.4 Å². The largest absolute Gasteiger partial charge is 0.260 e. The molecule has 0 bridgehead atoms. The maximum absolute atomic E-state index is 7.95. The van der Waals surface area contributed by atoms with Crippen LogP contribution in [0.15, 0.2) is 17.4 Å². The minimum absolute atomic E-state index is 0.196. The van der Waals surface area contributed by atoms with Crippen LogP contribution in [-0.2, 0) is 7.05 Å². The van der Waals surface area contributed by atoms with Crippen molar-refractivity contribution < 1.29 is 0 Å². The second-order valence-corrected chi connectivity index (χ2v) is 2.03. The third-order valence-corrected chi connectivity index (χ3v) is 1.25. The molecule has 0 spiro atoms. The molecular weight excluding hydrogens is 154 g/mol. The quantitative estimate of drug-likeness (QED) is 0.263. The Kier molecular flexibility index (Phi) is 2.77. The first-order chi connectivity index (χ1) is 5.84. The first kappa shape index (κ1) is 8.18. The van der Waals surface area contributed by atoms with Gasteiger partial charge in [0.25, 0.3) is 0 Å². The summed E-state index contributed by atoms with van der Waals surface area (Å²) in [5.74, 6) is 5.51. The van der Waals surface area contributed by atoms with Gasteiger partial charge in [0, 0.05) is 12.0 Å². The van der Waals surface area contributed by atoms with E-state index in [0.29, 0.717) is 0 Å². The summed E-state index contributed by atoms with van der Waals surface area (Å²) in [6.45, 7) is 0.196. The molecule has 0 amide bonds. The third-order valence-electron chi connectivity index (χ3n) is 1.25. The van der Waals surface area contributed by atoms with Crippen LogP contribution in [0, 0.1) is 11.8 Å². The predicted molar refractivity (Wildman–Crippen MR) is 44.1 cm³/mol. The fourth-order valence-electron chi connectivity index (χ4n) is 0.694. The van der Waals surface area contributed by atoms with Crippen molar-refractivity contribution in [3.8, 4) is 11.8 Å². The lowest BCUT2D eigenvalue weighted by molar-refractivity contribution is 0.757. The van der Waals surface area contributed by atoms with Gasteiger partial charge in [-0.05, 0) is 17.5 Å². The molecule has 0 atom stereocenters. The lowest BCUT2D eigenvalue weighted by atomic mass is 10.4. The number of hydrogen-bond donors (Lipinski definition) is 0. The Morgan fingerprint density at radius 1 is 1.83 bits per heavy atom. The molecule has 1 aromatic heterocycles. The molecule has 0 aliphatic heterocycles. The van der Waals surface area contributed by atoms with Gasteiger partial charge in [0.1, 0.15) is 5.69 Å². The molecule has 5 nitrogen and oxygen atoms in total. The number of hydrogen-bond acceptors (Lipinski definition) is 2. The predicted octanol–water partition coefficient (Wildman–Crippen LogP) is 1.08. The summed E-state index contributed by atoms with van der Waals surface area (Å²) in [6.07, 6.45) is 1.66. The molecule has 12 heavy (non-hydrogen) atoms. The third kappa shape index (κ3) is 2.04. The van der Waals surface area contributed by atoms with Gasteiger partial charge in [-0.2, -0.15) is 5.10 Å². The highest BCUT2D eigenvalue weighted by atomic mass is 15.2. The molecule has 1 rings (SSSR count). The standard InChI is InChI=1S/C7H7N5/c1-12-7(4-6-10-12)3-2-5-9-11-8/h4,6H,5H2,1H3. The van der Waals surface area contributed by atoms with Crippen LogP contribution < -0.4 is 0 Å². The molecule has 0 aliphatic carbocycles. The van der Waals surface area contributed by atoms with E-state index in [1.54, 1.807) is 24.0 Å². The van der Waals surface area contributed by atoms with Gasteiger partial charge in [0.2, 0.25) is 0 Å². The van der Waals surface area contributed by atoms with Gasteiger partial charge in [-0.15, -0.1) is 0 Å². The Morgan fingerprint density at radius 2 is 2.67 bits per heavy atom. The van der Waals surface area contributed by atoms with Gasteiger partial charge >= 0.3 is 0 Å². The lowest BCUT2D eigenvalue weighted by Crippen LogP contribution is -1.92. The van der Waals surface area contributed by atoms with E-state index in [-0.39, 0.29) is 6.54 Å². The smallest absolute Gasteiger partial charge is 0.110 e. The van der Waals surface area contributed by atoms with E-state index in [4.69, 9.17) is 5.53 Å². The molecule has 0 aliphatic rings. The van der Waals surface area contributed by atoms with Crippen molar-refractivity contribution in [3.63, 3.8) is 0 Å². The molecule has 0 saturated heterocycles. The van der Waals surface area contributed by atoms with E-state index in [0.717, 1.165) is 5.69 Å². The molecule has 1 heterocycles. The Bertz CT molecular complexity index is 361. The van der Waals surface area contributed by atoms with Crippen molar-refractivity contribution in [1.29, 1.82) is 0 Å². The first-order valence-corrected chi connectivity index (χ1v) is 3.32. The minimum atomic E-state index is 0.196. The van der Waals surface area contributed by atoms with E-state index in [2.05, 4.69) is 27.0 Å². The summed E-state index contributed by atoms with van der Waals surface area (Å²) in [5, 5.41) is 7.20. The normalized spacial score (nSPS) is 8.08. The highest BCUT2D eigenvalue weighted by Crippen LogP contribution is 1.91. The van der Waals surface area contributed by atoms with Crippen LogP contribution in [0.1, 0.15) is 5.69 Å². The molecule has 0 N–H and O–H groups in total. The van der Waals surface area contributed by atoms with Crippen LogP contribution in [-0.4, -0.2) is 16.3 Å². The van der Waals surface area contributed by atoms with Crippen LogP contribution in [0.2, 0.25) is 0 Å². The van der Waals surface area contributed by atoms with Crippen LogP contribution in [0.5, 0.6) is 0 Å². The first-order valence-electron chi connectivity index (χ1n) is 3.32. The van der Waals surface area contributed by atoms with Gasteiger partial charge < -0.3 is 0 Å². The van der Waals surface area contributed by atoms with E-state index in [1.807, 2.05) is 0 Å². The van der Waals surface area contributed by atoms with E-state index in [1.165, 1.54) is 0 Å². The summed E-state index contributed by atoms with van der Waals surface area (Å²) >= 11 is 0. The molecule has 0 radical (unpaired) electrons. The van der Waals surface area contributed by atoms with Gasteiger partial charge in [-0.1, -0.05) is 11.0 Å². The summed E-state index contributed by atoms with van der Waals surface area (Å²) in [4.78, 5) is 2.58. The van der Waals surface area contributed by atoms with Crippen molar-refractivity contribution in [2.24, 2.45) is 12.2 Å². The van der Waals surface area contributed by atoms with E-state index in [9.17, 15) is 0 Å². The fraction of sp³-hybridized carbons (Fsp3) is 0.286. The summed E-state index contributed by atoms with van der Waals surface area (Å²) in [5.41, 5.74) is 8.76. The monoisotopic (exact) mass is 161 g/mol. The maximum Gasteiger partial charge on any atom is 0.110 e. The molecule has 0 saturated carbocycles. The maximum atomic E-state index is 7.95. The average Bonchev–Trinajstić information content (AvgIpc) is 2.46. The zero-order valence-corrected chi connectivity index (χ0v) is 6.60. The highest BCUT2D eigenvalue weighted by molar-refractivity contribution is 5.26. The fourth-order valence-corrected chi connectivity index (χ4v) is 0.694. The number of aryl methyl sites for hydroxylation is 1. The van der Waals surface area contributed by atoms with Crippen LogP contribution >= 0.6 is 0 Å². The van der Waals surface area contributed by atoms with Crippen molar-refractivity contribution >= 4 is 0 Å². The Labute approximate surface area is 69.6 Å². The topological polar surface area (TPSA) is 66.6 Å². The zero-order chi connectivity index (χ0) is 8.81. The molecule has 1 aromatic rings. The molecular formula is C7H7N5. The molecule has 5 heteroatoms. The summed E-state index contributed by atoms with van der Waals surface area (Å²) in [7, 11) is 1.80. The van der Waals surface area contributed by atoms with Gasteiger partial charge in [-0.25, -0.2) is 0 Å². The molecule has 0 aromatic carbocycles. The zero-order valence-electron chi connectivity index (χ0n) is 6.60.